The predicted molar refractivity (Wildman–Crippen MR) is 130 cm³/mol. The van der Waals surface area contributed by atoms with Gasteiger partial charge in [0.1, 0.15) is 0 Å². The molecule has 3 rings (SSSR count). The van der Waals surface area contributed by atoms with Gasteiger partial charge in [0, 0.05) is 43.1 Å². The highest BCUT2D eigenvalue weighted by molar-refractivity contribution is 14.0. The Bertz CT molecular complexity index is 756. The number of pyridine rings is 1. The Kier molecular flexibility index (Phi) is 10.0. The molecule has 1 atom stereocenters. The molecule has 2 N–H and O–H groups in total. The van der Waals surface area contributed by atoms with E-state index in [4.69, 9.17) is 9.73 Å². The van der Waals surface area contributed by atoms with Crippen molar-refractivity contribution in [3.63, 3.8) is 0 Å². The van der Waals surface area contributed by atoms with Crippen molar-refractivity contribution in [3.8, 4) is 5.88 Å². The second kappa shape index (κ2) is 12.5. The van der Waals surface area contributed by atoms with E-state index in [1.807, 2.05) is 12.1 Å². The zero-order valence-electron chi connectivity index (χ0n) is 17.3. The minimum Gasteiger partial charge on any atom is -0.477 e. The van der Waals surface area contributed by atoms with E-state index >= 15 is 0 Å². The molecule has 158 valence electrons. The largest absolute Gasteiger partial charge is 0.477 e. The van der Waals surface area contributed by atoms with Crippen LogP contribution in [0.5, 0.6) is 5.88 Å². The predicted octanol–water partition coefficient (Wildman–Crippen LogP) is 3.82. The molecular formula is C22H32IN5O. The number of ether oxygens (including phenoxy) is 1. The van der Waals surface area contributed by atoms with Crippen LogP contribution in [-0.2, 0) is 6.54 Å². The summed E-state index contributed by atoms with van der Waals surface area (Å²) in [4.78, 5) is 11.5. The molecule has 0 radical (unpaired) electrons. The van der Waals surface area contributed by atoms with Crippen molar-refractivity contribution in [2.45, 2.75) is 39.3 Å². The second-order valence-electron chi connectivity index (χ2n) is 6.92. The number of para-hydroxylation sites is 1. The van der Waals surface area contributed by atoms with Gasteiger partial charge < -0.3 is 20.3 Å². The zero-order chi connectivity index (χ0) is 19.6. The Morgan fingerprint density at radius 1 is 1.21 bits per heavy atom. The molecule has 1 saturated heterocycles. The summed E-state index contributed by atoms with van der Waals surface area (Å²) in [6, 6.07) is 14.9. The average Bonchev–Trinajstić information content (AvgIpc) is 3.20. The van der Waals surface area contributed by atoms with E-state index in [0.29, 0.717) is 25.1 Å². The van der Waals surface area contributed by atoms with Crippen LogP contribution in [0.3, 0.4) is 0 Å². The number of halogens is 1. The molecule has 1 aliphatic rings. The van der Waals surface area contributed by atoms with E-state index < -0.39 is 0 Å². The molecule has 1 unspecified atom stereocenters. The maximum Gasteiger partial charge on any atom is 0.218 e. The van der Waals surface area contributed by atoms with Gasteiger partial charge in [0.05, 0.1) is 13.2 Å². The number of aromatic nitrogens is 1. The Labute approximate surface area is 191 Å². The molecular weight excluding hydrogens is 477 g/mol. The maximum absolute atomic E-state index is 5.75. The third kappa shape index (κ3) is 7.06. The second-order valence-corrected chi connectivity index (χ2v) is 6.92. The molecule has 1 aromatic heterocycles. The van der Waals surface area contributed by atoms with Crippen molar-refractivity contribution < 1.29 is 4.74 Å². The number of rotatable bonds is 8. The van der Waals surface area contributed by atoms with Crippen LogP contribution in [0.2, 0.25) is 0 Å². The number of nitrogens with zero attached hydrogens (tertiary/aromatic N) is 3. The molecule has 0 amide bonds. The molecule has 0 aliphatic carbocycles. The summed E-state index contributed by atoms with van der Waals surface area (Å²) in [6.07, 6.45) is 3.82. The highest BCUT2D eigenvalue weighted by Crippen LogP contribution is 2.20. The Balaban J connectivity index is 0.00000300. The fraction of sp³-hybridized carbons (Fsp3) is 0.455. The lowest BCUT2D eigenvalue weighted by Gasteiger charge is -2.20. The highest BCUT2D eigenvalue weighted by atomic mass is 127. The van der Waals surface area contributed by atoms with Gasteiger partial charge in [-0.2, -0.15) is 0 Å². The van der Waals surface area contributed by atoms with E-state index in [2.05, 4.69) is 64.7 Å². The minimum atomic E-state index is 0. The molecule has 7 heteroatoms. The molecule has 1 aliphatic heterocycles. The van der Waals surface area contributed by atoms with Crippen molar-refractivity contribution in [1.82, 2.24) is 15.6 Å². The van der Waals surface area contributed by atoms with Crippen LogP contribution in [-0.4, -0.2) is 43.2 Å². The first-order valence-electron chi connectivity index (χ1n) is 10.2. The van der Waals surface area contributed by atoms with Crippen molar-refractivity contribution >= 4 is 35.6 Å². The van der Waals surface area contributed by atoms with Gasteiger partial charge in [-0.25, -0.2) is 9.98 Å². The molecule has 0 bridgehead atoms. The van der Waals surface area contributed by atoms with Gasteiger partial charge in [-0.3, -0.25) is 0 Å². The van der Waals surface area contributed by atoms with Crippen LogP contribution in [0.1, 0.15) is 32.3 Å². The smallest absolute Gasteiger partial charge is 0.218 e. The topological polar surface area (TPSA) is 61.8 Å². The monoisotopic (exact) mass is 509 g/mol. The number of hydrogen-bond acceptors (Lipinski definition) is 4. The Morgan fingerprint density at radius 3 is 2.79 bits per heavy atom. The normalized spacial score (nSPS) is 16.3. The zero-order valence-corrected chi connectivity index (χ0v) is 19.6. The SMILES string of the molecule is CCCOc1ncccc1CN=C(NCC)NC1CCN(c2ccccc2)C1.I. The molecule has 1 aromatic carbocycles. The number of anilines is 1. The first-order chi connectivity index (χ1) is 13.8. The fourth-order valence-electron chi connectivity index (χ4n) is 3.30. The summed E-state index contributed by atoms with van der Waals surface area (Å²) < 4.78 is 5.75. The van der Waals surface area contributed by atoms with Gasteiger partial charge in [-0.15, -0.1) is 24.0 Å². The molecule has 6 nitrogen and oxygen atoms in total. The summed E-state index contributed by atoms with van der Waals surface area (Å²) in [5.41, 5.74) is 2.28. The third-order valence-corrected chi connectivity index (χ3v) is 4.70. The minimum absolute atomic E-state index is 0. The number of hydrogen-bond donors (Lipinski definition) is 2. The van der Waals surface area contributed by atoms with Crippen molar-refractivity contribution in [2.24, 2.45) is 4.99 Å². The Morgan fingerprint density at radius 2 is 2.03 bits per heavy atom. The van der Waals surface area contributed by atoms with Gasteiger partial charge >= 0.3 is 0 Å². The first kappa shape index (κ1) is 23.3. The number of nitrogens with one attached hydrogen (secondary N) is 2. The molecule has 0 saturated carbocycles. The van der Waals surface area contributed by atoms with E-state index in [1.54, 1.807) is 6.20 Å². The quantitative estimate of drug-likeness (QED) is 0.322. The highest BCUT2D eigenvalue weighted by Gasteiger charge is 2.23. The number of benzene rings is 1. The van der Waals surface area contributed by atoms with Gasteiger partial charge in [0.15, 0.2) is 5.96 Å². The van der Waals surface area contributed by atoms with Crippen LogP contribution < -0.4 is 20.3 Å². The van der Waals surface area contributed by atoms with Crippen LogP contribution in [0.4, 0.5) is 5.69 Å². The summed E-state index contributed by atoms with van der Waals surface area (Å²) in [6.45, 7) is 8.25. The van der Waals surface area contributed by atoms with Gasteiger partial charge in [-0.1, -0.05) is 31.2 Å². The molecule has 0 spiro atoms. The summed E-state index contributed by atoms with van der Waals surface area (Å²) in [5.74, 6) is 1.52. The van der Waals surface area contributed by atoms with E-state index in [0.717, 1.165) is 44.0 Å². The van der Waals surface area contributed by atoms with Crippen LogP contribution in [0.25, 0.3) is 0 Å². The van der Waals surface area contributed by atoms with Crippen LogP contribution in [0.15, 0.2) is 53.7 Å². The van der Waals surface area contributed by atoms with Crippen molar-refractivity contribution in [1.29, 1.82) is 0 Å². The molecule has 29 heavy (non-hydrogen) atoms. The van der Waals surface area contributed by atoms with Gasteiger partial charge in [-0.05, 0) is 38.0 Å². The number of guanidine groups is 1. The average molecular weight is 509 g/mol. The molecule has 2 aromatic rings. The van der Waals surface area contributed by atoms with Crippen molar-refractivity contribution in [2.75, 3.05) is 31.1 Å². The number of aliphatic imine (C=N–C) groups is 1. The van der Waals surface area contributed by atoms with Crippen molar-refractivity contribution in [3.05, 3.63) is 54.2 Å². The standard InChI is InChI=1S/C22H31N5O.HI/c1-3-15-28-21-18(9-8-13-24-21)16-25-22(23-4-2)26-19-12-14-27(17-19)20-10-6-5-7-11-20;/h5-11,13,19H,3-4,12,14-17H2,1-2H3,(H2,23,25,26);1H. The van der Waals surface area contributed by atoms with Gasteiger partial charge in [0.2, 0.25) is 5.88 Å². The fourth-order valence-corrected chi connectivity index (χ4v) is 3.30. The summed E-state index contributed by atoms with van der Waals surface area (Å²) in [5, 5.41) is 6.94. The molecule has 2 heterocycles. The lowest BCUT2D eigenvalue weighted by Crippen LogP contribution is -2.44. The van der Waals surface area contributed by atoms with Crippen LogP contribution in [0, 0.1) is 0 Å². The van der Waals surface area contributed by atoms with Crippen LogP contribution >= 0.6 is 24.0 Å². The maximum atomic E-state index is 5.75. The van der Waals surface area contributed by atoms with E-state index in [9.17, 15) is 0 Å². The lowest BCUT2D eigenvalue weighted by molar-refractivity contribution is 0.302. The third-order valence-electron chi connectivity index (χ3n) is 4.70. The van der Waals surface area contributed by atoms with E-state index in [1.165, 1.54) is 5.69 Å². The Hall–Kier alpha value is -2.03. The molecule has 1 fully saturated rings. The summed E-state index contributed by atoms with van der Waals surface area (Å²) in [7, 11) is 0. The first-order valence-corrected chi connectivity index (χ1v) is 10.2. The van der Waals surface area contributed by atoms with Gasteiger partial charge in [0.25, 0.3) is 0 Å². The van der Waals surface area contributed by atoms with E-state index in [-0.39, 0.29) is 24.0 Å². The lowest BCUT2D eigenvalue weighted by atomic mass is 10.2. The summed E-state index contributed by atoms with van der Waals surface area (Å²) >= 11 is 0.